The van der Waals surface area contributed by atoms with E-state index in [1.165, 1.54) is 0 Å². The Kier molecular flexibility index (Phi) is 9.67. The van der Waals surface area contributed by atoms with Gasteiger partial charge in [-0.15, -0.1) is 0 Å². The molecular weight excluding hydrogens is 548 g/mol. The molecule has 2 aliphatic heterocycles. The SMILES string of the molecule is CCC1=C(C)[C@H](Cc2[nH]c(Cc3[nH]c(C[C@@H]4NC(=O)C(C)=C4CC)c(C)c3CCC(=O)O)c(CCC(=O)O)c2C)NC1=O. The van der Waals surface area contributed by atoms with Crippen molar-refractivity contribution in [3.8, 4) is 0 Å². The molecule has 0 aliphatic carbocycles. The largest absolute Gasteiger partial charge is 0.481 e. The Balaban J connectivity index is 1.70. The summed E-state index contributed by atoms with van der Waals surface area (Å²) < 4.78 is 0. The summed E-state index contributed by atoms with van der Waals surface area (Å²) in [7, 11) is 0. The van der Waals surface area contributed by atoms with Crippen LogP contribution < -0.4 is 10.6 Å². The molecule has 0 fully saturated rings. The van der Waals surface area contributed by atoms with Crippen molar-refractivity contribution < 1.29 is 29.4 Å². The predicted octanol–water partition coefficient (Wildman–Crippen LogP) is 4.12. The van der Waals surface area contributed by atoms with Gasteiger partial charge in [0.05, 0.1) is 12.1 Å². The fourth-order valence-corrected chi connectivity index (χ4v) is 6.79. The second-order valence-corrected chi connectivity index (χ2v) is 11.8. The Labute approximate surface area is 252 Å². The molecule has 43 heavy (non-hydrogen) atoms. The first-order valence-electron chi connectivity index (χ1n) is 15.2. The number of nitrogens with one attached hydrogen (secondary N) is 4. The minimum Gasteiger partial charge on any atom is -0.481 e. The summed E-state index contributed by atoms with van der Waals surface area (Å²) in [4.78, 5) is 55.1. The van der Waals surface area contributed by atoms with Gasteiger partial charge in [0, 0.05) is 66.0 Å². The summed E-state index contributed by atoms with van der Waals surface area (Å²) in [6.45, 7) is 11.8. The number of hydrogen-bond acceptors (Lipinski definition) is 4. The van der Waals surface area contributed by atoms with Crippen LogP contribution in [0.1, 0.15) is 98.4 Å². The maximum Gasteiger partial charge on any atom is 0.303 e. The Hall–Kier alpha value is -4.08. The molecule has 2 atom stereocenters. The zero-order valence-corrected chi connectivity index (χ0v) is 26.0. The molecule has 4 heterocycles. The highest BCUT2D eigenvalue weighted by molar-refractivity contribution is 5.97. The van der Waals surface area contributed by atoms with Crippen LogP contribution >= 0.6 is 0 Å². The van der Waals surface area contributed by atoms with Gasteiger partial charge < -0.3 is 30.8 Å². The monoisotopic (exact) mass is 592 g/mol. The summed E-state index contributed by atoms with van der Waals surface area (Å²) in [6, 6.07) is -0.247. The van der Waals surface area contributed by atoms with Crippen LogP contribution in [0.3, 0.4) is 0 Å². The van der Waals surface area contributed by atoms with Gasteiger partial charge in [0.25, 0.3) is 0 Å². The lowest BCUT2D eigenvalue weighted by Crippen LogP contribution is -2.31. The Morgan fingerprint density at radius 2 is 1.19 bits per heavy atom. The van der Waals surface area contributed by atoms with Crippen LogP contribution in [0.5, 0.6) is 0 Å². The number of aromatic nitrogens is 2. The molecule has 10 heteroatoms. The molecule has 0 radical (unpaired) electrons. The molecule has 2 aliphatic rings. The number of H-pyrrole nitrogens is 2. The van der Waals surface area contributed by atoms with Crippen molar-refractivity contribution in [3.63, 3.8) is 0 Å². The van der Waals surface area contributed by atoms with Gasteiger partial charge >= 0.3 is 11.9 Å². The standard InChI is InChI=1S/C33H44N4O6/c1-7-20-19(6)32(42)37-27(20)14-25-18(5)23(10-12-31(40)41)29(35-25)15-28-22(9-11-30(38)39)17(4)24(34-28)13-26-16(3)21(8-2)33(43)36-26/h26-27,34-35H,7-15H2,1-6H3,(H,36,43)(H,37,42)(H,38,39)(H,40,41)/t26-,27-/m0/s1. The fraction of sp³-hybridized carbons (Fsp3) is 0.515. The summed E-state index contributed by atoms with van der Waals surface area (Å²) in [5, 5.41) is 25.1. The molecule has 6 N–H and O–H groups in total. The number of carbonyl (C=O) groups is 4. The zero-order chi connectivity index (χ0) is 31.6. The lowest BCUT2D eigenvalue weighted by Gasteiger charge is -2.14. The smallest absolute Gasteiger partial charge is 0.303 e. The van der Waals surface area contributed by atoms with Crippen LogP contribution in [0.15, 0.2) is 22.3 Å². The van der Waals surface area contributed by atoms with E-state index < -0.39 is 11.9 Å². The van der Waals surface area contributed by atoms with E-state index in [2.05, 4.69) is 20.6 Å². The van der Waals surface area contributed by atoms with Crippen LogP contribution in [-0.2, 0) is 51.3 Å². The number of aromatic amines is 2. The van der Waals surface area contributed by atoms with Gasteiger partial charge in [-0.2, -0.15) is 0 Å². The van der Waals surface area contributed by atoms with Crippen molar-refractivity contribution >= 4 is 23.8 Å². The highest BCUT2D eigenvalue weighted by Crippen LogP contribution is 2.31. The first kappa shape index (κ1) is 31.8. The van der Waals surface area contributed by atoms with Crippen molar-refractivity contribution in [2.45, 2.75) is 111 Å². The normalized spacial score (nSPS) is 18.6. The van der Waals surface area contributed by atoms with Gasteiger partial charge in [0.2, 0.25) is 11.8 Å². The molecule has 0 unspecified atom stereocenters. The van der Waals surface area contributed by atoms with E-state index in [1.807, 2.05) is 41.5 Å². The van der Waals surface area contributed by atoms with E-state index in [0.29, 0.717) is 38.5 Å². The molecule has 0 spiro atoms. The van der Waals surface area contributed by atoms with Crippen LogP contribution in [0, 0.1) is 13.8 Å². The average Bonchev–Trinajstić information content (AvgIpc) is 3.59. The number of carbonyl (C=O) groups excluding carboxylic acids is 2. The molecular formula is C33H44N4O6. The number of rotatable bonds is 14. The molecule has 2 aromatic heterocycles. The van der Waals surface area contributed by atoms with Crippen LogP contribution in [-0.4, -0.2) is 56.0 Å². The van der Waals surface area contributed by atoms with E-state index in [1.54, 1.807) is 0 Å². The van der Waals surface area contributed by atoms with Gasteiger partial charge in [-0.3, -0.25) is 19.2 Å². The van der Waals surface area contributed by atoms with E-state index >= 15 is 0 Å². The zero-order valence-electron chi connectivity index (χ0n) is 26.0. The molecule has 2 aromatic rings. The van der Waals surface area contributed by atoms with E-state index in [4.69, 9.17) is 0 Å². The second kappa shape index (κ2) is 13.1. The van der Waals surface area contributed by atoms with Crippen molar-refractivity contribution in [2.24, 2.45) is 0 Å². The molecule has 10 nitrogen and oxygen atoms in total. The Morgan fingerprint density at radius 1 is 0.698 bits per heavy atom. The van der Waals surface area contributed by atoms with Crippen LogP contribution in [0.2, 0.25) is 0 Å². The predicted molar refractivity (Wildman–Crippen MR) is 163 cm³/mol. The minimum absolute atomic E-state index is 0.0157. The first-order valence-corrected chi connectivity index (χ1v) is 15.2. The van der Waals surface area contributed by atoms with Crippen molar-refractivity contribution in [1.29, 1.82) is 0 Å². The summed E-state index contributed by atoms with van der Waals surface area (Å²) in [5.41, 5.74) is 11.2. The van der Waals surface area contributed by atoms with Gasteiger partial charge in [-0.1, -0.05) is 13.8 Å². The molecule has 0 saturated carbocycles. The third kappa shape index (κ3) is 6.63. The third-order valence-electron chi connectivity index (χ3n) is 9.35. The highest BCUT2D eigenvalue weighted by Gasteiger charge is 2.31. The lowest BCUT2D eigenvalue weighted by atomic mass is 9.95. The third-order valence-corrected chi connectivity index (χ3v) is 9.35. The Morgan fingerprint density at radius 3 is 1.63 bits per heavy atom. The molecule has 4 rings (SSSR count). The van der Waals surface area contributed by atoms with Gasteiger partial charge in [-0.05, 0) is 86.8 Å². The topological polar surface area (TPSA) is 164 Å². The second-order valence-electron chi connectivity index (χ2n) is 11.8. The molecule has 0 saturated heterocycles. The van der Waals surface area contributed by atoms with E-state index in [-0.39, 0.29) is 36.7 Å². The Bertz CT molecular complexity index is 1520. The van der Waals surface area contributed by atoms with E-state index in [0.717, 1.165) is 73.7 Å². The minimum atomic E-state index is -0.878. The van der Waals surface area contributed by atoms with Crippen LogP contribution in [0.4, 0.5) is 0 Å². The lowest BCUT2D eigenvalue weighted by molar-refractivity contribution is -0.138. The van der Waals surface area contributed by atoms with Gasteiger partial charge in [0.15, 0.2) is 0 Å². The number of hydrogen-bond donors (Lipinski definition) is 6. The number of aliphatic carboxylic acids is 2. The number of amides is 2. The van der Waals surface area contributed by atoms with Crippen molar-refractivity contribution in [2.75, 3.05) is 0 Å². The summed E-state index contributed by atoms with van der Waals surface area (Å²) in [6.07, 6.45) is 3.70. The number of carboxylic acid groups (broad SMARTS) is 2. The first-order chi connectivity index (χ1) is 20.4. The van der Waals surface area contributed by atoms with Crippen LogP contribution in [0.25, 0.3) is 0 Å². The molecule has 0 aromatic carbocycles. The summed E-state index contributed by atoms with van der Waals surface area (Å²) in [5.74, 6) is -1.84. The van der Waals surface area contributed by atoms with E-state index in [9.17, 15) is 29.4 Å². The molecule has 2 amide bonds. The number of carboxylic acids is 2. The molecule has 0 bridgehead atoms. The quantitative estimate of drug-likeness (QED) is 0.193. The van der Waals surface area contributed by atoms with Crippen molar-refractivity contribution in [1.82, 2.24) is 20.6 Å². The maximum absolute atomic E-state index is 12.5. The van der Waals surface area contributed by atoms with Crippen molar-refractivity contribution in [3.05, 3.63) is 67.3 Å². The maximum atomic E-state index is 12.5. The highest BCUT2D eigenvalue weighted by atomic mass is 16.4. The summed E-state index contributed by atoms with van der Waals surface area (Å²) >= 11 is 0. The van der Waals surface area contributed by atoms with Gasteiger partial charge in [-0.25, -0.2) is 0 Å². The molecule has 232 valence electrons. The average molecular weight is 593 g/mol. The van der Waals surface area contributed by atoms with Gasteiger partial charge in [0.1, 0.15) is 0 Å². The fourth-order valence-electron chi connectivity index (χ4n) is 6.79.